The Morgan fingerprint density at radius 3 is 2.71 bits per heavy atom. The van der Waals surface area contributed by atoms with Crippen molar-refractivity contribution in [3.05, 3.63) is 107 Å². The topological polar surface area (TPSA) is 74.4 Å². The summed E-state index contributed by atoms with van der Waals surface area (Å²) in [5, 5.41) is 4.13. The molecule has 1 aliphatic carbocycles. The summed E-state index contributed by atoms with van der Waals surface area (Å²) in [6, 6.07) is 23.4. The number of methoxy groups -OCH3 is 1. The van der Waals surface area contributed by atoms with Gasteiger partial charge in [0, 0.05) is 54.9 Å². The molecule has 38 heavy (non-hydrogen) atoms. The van der Waals surface area contributed by atoms with E-state index < -0.39 is 0 Å². The number of esters is 1. The molecule has 0 saturated heterocycles. The van der Waals surface area contributed by atoms with E-state index >= 15 is 0 Å². The number of hydrogen-bond donors (Lipinski definition) is 2. The number of aromatic amines is 1. The van der Waals surface area contributed by atoms with Gasteiger partial charge in [0.2, 0.25) is 5.91 Å². The summed E-state index contributed by atoms with van der Waals surface area (Å²) in [5.74, 6) is -0.419. The fourth-order valence-corrected chi connectivity index (χ4v) is 5.41. The van der Waals surface area contributed by atoms with Gasteiger partial charge in [-0.3, -0.25) is 9.69 Å². The molecule has 6 heteroatoms. The van der Waals surface area contributed by atoms with Crippen LogP contribution in [0.1, 0.15) is 47.2 Å². The Morgan fingerprint density at radius 2 is 1.92 bits per heavy atom. The molecule has 2 N–H and O–H groups in total. The predicted molar refractivity (Wildman–Crippen MR) is 152 cm³/mol. The molecule has 1 atom stereocenters. The first-order valence-corrected chi connectivity index (χ1v) is 13.0. The molecule has 1 heterocycles. The highest BCUT2D eigenvalue weighted by Crippen LogP contribution is 2.37. The Morgan fingerprint density at radius 1 is 1.11 bits per heavy atom. The number of ether oxygens (including phenoxy) is 1. The van der Waals surface area contributed by atoms with Gasteiger partial charge in [-0.15, -0.1) is 0 Å². The summed E-state index contributed by atoms with van der Waals surface area (Å²) in [7, 11) is 1.39. The third-order valence-electron chi connectivity index (χ3n) is 7.27. The third kappa shape index (κ3) is 5.87. The van der Waals surface area contributed by atoms with Crippen molar-refractivity contribution in [2.24, 2.45) is 0 Å². The van der Waals surface area contributed by atoms with Crippen molar-refractivity contribution < 1.29 is 14.3 Å². The number of benzene rings is 3. The van der Waals surface area contributed by atoms with Gasteiger partial charge >= 0.3 is 5.97 Å². The van der Waals surface area contributed by atoms with Gasteiger partial charge in [0.15, 0.2) is 0 Å². The van der Waals surface area contributed by atoms with Crippen molar-refractivity contribution in [3.63, 3.8) is 0 Å². The van der Waals surface area contributed by atoms with Gasteiger partial charge < -0.3 is 15.0 Å². The molecule has 1 amide bonds. The van der Waals surface area contributed by atoms with Crippen LogP contribution in [0, 0.1) is 0 Å². The fourth-order valence-electron chi connectivity index (χ4n) is 5.41. The number of nitrogens with zero attached hydrogens (tertiary/aromatic N) is 1. The van der Waals surface area contributed by atoms with Crippen LogP contribution in [-0.4, -0.2) is 35.4 Å². The number of H-pyrrole nitrogens is 1. The lowest BCUT2D eigenvalue weighted by Gasteiger charge is -2.30. The fraction of sp³-hybridized carbons (Fsp3) is 0.250. The molecule has 3 aromatic carbocycles. The number of para-hydroxylation sites is 1. The molecule has 1 unspecified atom stereocenters. The smallest absolute Gasteiger partial charge is 0.330 e. The number of aryl methyl sites for hydroxylation is 1. The van der Waals surface area contributed by atoms with E-state index in [-0.39, 0.29) is 11.9 Å². The molecule has 1 aromatic heterocycles. The van der Waals surface area contributed by atoms with Crippen LogP contribution in [0.15, 0.2) is 79.0 Å². The highest BCUT2D eigenvalue weighted by atomic mass is 16.5. The molecule has 0 fully saturated rings. The van der Waals surface area contributed by atoms with Crippen LogP contribution < -0.4 is 5.32 Å². The van der Waals surface area contributed by atoms with Gasteiger partial charge in [-0.25, -0.2) is 4.79 Å². The lowest BCUT2D eigenvalue weighted by molar-refractivity contribution is -0.134. The second kappa shape index (κ2) is 11.5. The van der Waals surface area contributed by atoms with Crippen molar-refractivity contribution in [2.75, 3.05) is 19.0 Å². The molecule has 0 saturated carbocycles. The van der Waals surface area contributed by atoms with E-state index in [1.54, 1.807) is 0 Å². The Bertz CT molecular complexity index is 1470. The maximum atomic E-state index is 11.5. The quantitative estimate of drug-likeness (QED) is 0.214. The molecule has 0 aliphatic heterocycles. The summed E-state index contributed by atoms with van der Waals surface area (Å²) in [4.78, 5) is 28.9. The zero-order chi connectivity index (χ0) is 26.5. The zero-order valence-electron chi connectivity index (χ0n) is 21.9. The van der Waals surface area contributed by atoms with E-state index in [4.69, 9.17) is 4.74 Å². The maximum absolute atomic E-state index is 11.5. The Balaban J connectivity index is 1.38. The predicted octanol–water partition coefficient (Wildman–Crippen LogP) is 6.04. The van der Waals surface area contributed by atoms with E-state index in [2.05, 4.69) is 76.0 Å². The molecule has 0 radical (unpaired) electrons. The number of amides is 1. The van der Waals surface area contributed by atoms with E-state index in [1.165, 1.54) is 53.3 Å². The Kier molecular flexibility index (Phi) is 7.70. The van der Waals surface area contributed by atoms with Crippen LogP contribution in [-0.2, 0) is 33.7 Å². The molecule has 194 valence electrons. The van der Waals surface area contributed by atoms with Crippen LogP contribution in [0.5, 0.6) is 0 Å². The normalized spacial score (nSPS) is 14.8. The molecule has 5 rings (SSSR count). The largest absolute Gasteiger partial charge is 0.466 e. The van der Waals surface area contributed by atoms with Crippen LogP contribution in [0.25, 0.3) is 17.0 Å². The maximum Gasteiger partial charge on any atom is 0.330 e. The molecule has 1 aliphatic rings. The second-order valence-corrected chi connectivity index (χ2v) is 9.83. The molecular weight excluding hydrogens is 474 g/mol. The molecule has 0 spiro atoms. The van der Waals surface area contributed by atoms with Gasteiger partial charge in [-0.2, -0.15) is 0 Å². The number of aromatic nitrogens is 1. The average molecular weight is 508 g/mol. The van der Waals surface area contributed by atoms with Gasteiger partial charge in [0.05, 0.1) is 7.11 Å². The van der Waals surface area contributed by atoms with E-state index in [9.17, 15) is 9.59 Å². The molecule has 0 bridgehead atoms. The van der Waals surface area contributed by atoms with Gasteiger partial charge in [0.1, 0.15) is 0 Å². The third-order valence-corrected chi connectivity index (χ3v) is 7.27. The highest BCUT2D eigenvalue weighted by molar-refractivity contribution is 5.88. The van der Waals surface area contributed by atoms with Crippen molar-refractivity contribution in [1.29, 1.82) is 0 Å². The minimum atomic E-state index is -0.351. The summed E-state index contributed by atoms with van der Waals surface area (Å²) in [6.07, 6.45) is 8.41. The van der Waals surface area contributed by atoms with Gasteiger partial charge in [-0.05, 0) is 71.4 Å². The van der Waals surface area contributed by atoms with Crippen LogP contribution in [0.2, 0.25) is 0 Å². The Hall–Kier alpha value is -4.16. The number of carbonyl (C=O) groups excluding carboxylic acids is 2. The lowest BCUT2D eigenvalue weighted by atomic mass is 10.0. The second-order valence-electron chi connectivity index (χ2n) is 9.83. The van der Waals surface area contributed by atoms with E-state index in [0.717, 1.165) is 43.6 Å². The summed E-state index contributed by atoms with van der Waals surface area (Å²) in [5.41, 5.74) is 8.21. The minimum Gasteiger partial charge on any atom is -0.466 e. The first-order valence-electron chi connectivity index (χ1n) is 13.0. The summed E-state index contributed by atoms with van der Waals surface area (Å²) < 4.78 is 4.72. The highest BCUT2D eigenvalue weighted by Gasteiger charge is 2.28. The van der Waals surface area contributed by atoms with Crippen molar-refractivity contribution in [3.8, 4) is 0 Å². The van der Waals surface area contributed by atoms with Crippen molar-refractivity contribution in [2.45, 2.75) is 38.8 Å². The number of rotatable bonds is 9. The first-order chi connectivity index (χ1) is 18.5. The van der Waals surface area contributed by atoms with E-state index in [1.807, 2.05) is 18.2 Å². The van der Waals surface area contributed by atoms with Gasteiger partial charge in [0.25, 0.3) is 0 Å². The zero-order valence-corrected chi connectivity index (χ0v) is 21.9. The standard InChI is InChI=1S/C32H33N3O3/c1-22(36)34-27-12-7-24(8-13-27)21-35(18-17-26-20-33-30-6-4-3-5-28(26)30)31-15-11-25-19-23(9-14-29(25)31)10-16-32(37)38-2/h3-10,12-14,16,19-20,31,33H,11,15,17-18,21H2,1-2H3,(H,34,36). The van der Waals surface area contributed by atoms with Crippen LogP contribution in [0.3, 0.4) is 0 Å². The summed E-state index contributed by atoms with van der Waals surface area (Å²) >= 11 is 0. The number of hydrogen-bond acceptors (Lipinski definition) is 4. The first kappa shape index (κ1) is 25.5. The SMILES string of the molecule is COC(=O)C=Cc1ccc2c(c1)CCC2N(CCc1c[nH]c2ccccc12)Cc1ccc(NC(C)=O)cc1. The van der Waals surface area contributed by atoms with Crippen LogP contribution >= 0.6 is 0 Å². The number of carbonyl (C=O) groups is 2. The number of anilines is 1. The molecule has 4 aromatic rings. The lowest BCUT2D eigenvalue weighted by Crippen LogP contribution is -2.29. The summed E-state index contributed by atoms with van der Waals surface area (Å²) in [6.45, 7) is 3.26. The van der Waals surface area contributed by atoms with Crippen molar-refractivity contribution in [1.82, 2.24) is 9.88 Å². The van der Waals surface area contributed by atoms with E-state index in [0.29, 0.717) is 6.04 Å². The van der Waals surface area contributed by atoms with Crippen molar-refractivity contribution >= 4 is 34.5 Å². The molecule has 6 nitrogen and oxygen atoms in total. The van der Waals surface area contributed by atoms with Gasteiger partial charge in [-0.1, -0.05) is 48.5 Å². The number of nitrogens with one attached hydrogen (secondary N) is 2. The molecular formula is C32H33N3O3. The minimum absolute atomic E-state index is 0.0681. The Labute approximate surface area is 223 Å². The number of fused-ring (bicyclic) bond motifs is 2. The average Bonchev–Trinajstić information content (AvgIpc) is 3.54. The monoisotopic (exact) mass is 507 g/mol. The van der Waals surface area contributed by atoms with Crippen LogP contribution in [0.4, 0.5) is 5.69 Å².